The zero-order valence-corrected chi connectivity index (χ0v) is 14.8. The maximum absolute atomic E-state index is 12.0. The molecule has 1 aromatic carbocycles. The number of methoxy groups -OCH3 is 2. The van der Waals surface area contributed by atoms with Gasteiger partial charge in [0, 0.05) is 6.42 Å². The quantitative estimate of drug-likeness (QED) is 0.418. The molecular formula is C16H24O5Si. The summed E-state index contributed by atoms with van der Waals surface area (Å²) in [5.74, 6) is 0.0359. The number of carbonyl (C=O) groups excluding carboxylic acids is 2. The molecule has 0 spiro atoms. The van der Waals surface area contributed by atoms with Crippen LogP contribution < -0.4 is 4.74 Å². The molecule has 0 amide bonds. The summed E-state index contributed by atoms with van der Waals surface area (Å²) in [5, 5.41) is 0. The van der Waals surface area contributed by atoms with Crippen molar-refractivity contribution in [1.29, 1.82) is 0 Å². The molecule has 1 rings (SSSR count). The van der Waals surface area contributed by atoms with E-state index in [4.69, 9.17) is 9.16 Å². The molecule has 122 valence electrons. The smallest absolute Gasteiger partial charge is 0.313 e. The molecule has 22 heavy (non-hydrogen) atoms. The third-order valence-electron chi connectivity index (χ3n) is 2.97. The Morgan fingerprint density at radius 1 is 1.09 bits per heavy atom. The van der Waals surface area contributed by atoms with Crippen LogP contribution >= 0.6 is 0 Å². The van der Waals surface area contributed by atoms with E-state index in [-0.39, 0.29) is 24.7 Å². The van der Waals surface area contributed by atoms with Gasteiger partial charge in [0.15, 0.2) is 8.32 Å². The van der Waals surface area contributed by atoms with Gasteiger partial charge in [-0.3, -0.25) is 9.59 Å². The number of carbonyl (C=O) groups is 2. The van der Waals surface area contributed by atoms with Crippen LogP contribution in [0.2, 0.25) is 19.6 Å². The minimum atomic E-state index is -1.84. The molecule has 0 unspecified atom stereocenters. The zero-order chi connectivity index (χ0) is 16.8. The molecule has 0 N–H and O–H groups in total. The lowest BCUT2D eigenvalue weighted by Gasteiger charge is -2.26. The van der Waals surface area contributed by atoms with Gasteiger partial charge in [0.05, 0.1) is 20.3 Å². The number of Topliss-reactive ketones (excluding diaryl/α,β-unsaturated/α-hetero) is 1. The van der Waals surface area contributed by atoms with Gasteiger partial charge in [-0.1, -0.05) is 12.1 Å². The Morgan fingerprint density at radius 2 is 1.68 bits per heavy atom. The van der Waals surface area contributed by atoms with Crippen LogP contribution in [0.3, 0.4) is 0 Å². The highest BCUT2D eigenvalue weighted by molar-refractivity contribution is 6.69. The molecule has 0 fully saturated rings. The number of hydrogen-bond donors (Lipinski definition) is 0. The molecule has 0 aliphatic rings. The fraction of sp³-hybridized carbons (Fsp3) is 0.500. The van der Waals surface area contributed by atoms with Crippen LogP contribution in [-0.2, 0) is 18.8 Å². The fourth-order valence-corrected chi connectivity index (χ4v) is 3.06. The van der Waals surface area contributed by atoms with Crippen LogP contribution in [0, 0.1) is 0 Å². The standard InChI is InChI=1S/C16H24O5Si/c1-19-14-8-6-12(7-9-14)15(21-22(3,4)5)10-13(17)11-16(18)20-2/h6-9,15H,10-11H2,1-5H3/t15-/m0/s1. The molecule has 0 aliphatic carbocycles. The largest absolute Gasteiger partial charge is 0.497 e. The van der Waals surface area contributed by atoms with E-state index in [1.807, 2.05) is 24.3 Å². The van der Waals surface area contributed by atoms with Gasteiger partial charge in [0.2, 0.25) is 0 Å². The summed E-state index contributed by atoms with van der Waals surface area (Å²) in [4.78, 5) is 23.2. The molecule has 1 aromatic rings. The Balaban J connectivity index is 2.87. The van der Waals surface area contributed by atoms with E-state index in [9.17, 15) is 9.59 Å². The number of ether oxygens (including phenoxy) is 2. The number of esters is 1. The van der Waals surface area contributed by atoms with Crippen LogP contribution in [-0.4, -0.2) is 34.3 Å². The van der Waals surface area contributed by atoms with E-state index in [0.29, 0.717) is 0 Å². The molecule has 0 radical (unpaired) electrons. The molecule has 0 saturated carbocycles. The van der Waals surface area contributed by atoms with Gasteiger partial charge < -0.3 is 13.9 Å². The Labute approximate surface area is 132 Å². The zero-order valence-electron chi connectivity index (χ0n) is 13.8. The molecule has 6 heteroatoms. The van der Waals surface area contributed by atoms with Gasteiger partial charge in [0.25, 0.3) is 0 Å². The highest BCUT2D eigenvalue weighted by Gasteiger charge is 2.25. The van der Waals surface area contributed by atoms with E-state index in [0.717, 1.165) is 11.3 Å². The second-order valence-corrected chi connectivity index (χ2v) is 10.4. The fourth-order valence-electron chi connectivity index (χ4n) is 1.99. The summed E-state index contributed by atoms with van der Waals surface area (Å²) in [5.41, 5.74) is 0.904. The second kappa shape index (κ2) is 8.10. The van der Waals surface area contributed by atoms with E-state index >= 15 is 0 Å². The van der Waals surface area contributed by atoms with Gasteiger partial charge in [-0.15, -0.1) is 0 Å². The monoisotopic (exact) mass is 324 g/mol. The van der Waals surface area contributed by atoms with E-state index in [2.05, 4.69) is 24.4 Å². The van der Waals surface area contributed by atoms with Crippen molar-refractivity contribution in [3.05, 3.63) is 29.8 Å². The number of benzene rings is 1. The summed E-state index contributed by atoms with van der Waals surface area (Å²) in [6, 6.07) is 7.44. The molecular weight excluding hydrogens is 300 g/mol. The first-order valence-corrected chi connectivity index (χ1v) is 10.6. The molecule has 0 heterocycles. The lowest BCUT2D eigenvalue weighted by molar-refractivity contribution is -0.143. The lowest BCUT2D eigenvalue weighted by Crippen LogP contribution is -2.29. The van der Waals surface area contributed by atoms with Crippen molar-refractivity contribution in [3.8, 4) is 5.75 Å². The maximum atomic E-state index is 12.0. The highest BCUT2D eigenvalue weighted by atomic mass is 28.4. The van der Waals surface area contributed by atoms with Gasteiger partial charge in [-0.2, -0.15) is 0 Å². The predicted molar refractivity (Wildman–Crippen MR) is 86.4 cm³/mol. The topological polar surface area (TPSA) is 61.8 Å². The van der Waals surface area contributed by atoms with Gasteiger partial charge in [-0.25, -0.2) is 0 Å². The maximum Gasteiger partial charge on any atom is 0.313 e. The first-order chi connectivity index (χ1) is 10.2. The Kier molecular flexibility index (Phi) is 6.77. The average molecular weight is 324 g/mol. The van der Waals surface area contributed by atoms with E-state index in [1.54, 1.807) is 7.11 Å². The van der Waals surface area contributed by atoms with Crippen molar-refractivity contribution in [1.82, 2.24) is 0 Å². The first-order valence-electron chi connectivity index (χ1n) is 7.15. The number of rotatable bonds is 8. The SMILES string of the molecule is COC(=O)CC(=O)C[C@H](O[Si](C)(C)C)c1ccc(OC)cc1. The van der Waals surface area contributed by atoms with Crippen LogP contribution in [0.4, 0.5) is 0 Å². The number of ketones is 1. The van der Waals surface area contributed by atoms with Crippen LogP contribution in [0.15, 0.2) is 24.3 Å². The van der Waals surface area contributed by atoms with E-state index < -0.39 is 14.3 Å². The Hall–Kier alpha value is -1.66. The molecule has 0 aromatic heterocycles. The highest BCUT2D eigenvalue weighted by Crippen LogP contribution is 2.27. The predicted octanol–water partition coefficient (Wildman–Crippen LogP) is 3.11. The summed E-state index contributed by atoms with van der Waals surface area (Å²) in [7, 11) is 1.04. The average Bonchev–Trinajstić information content (AvgIpc) is 2.45. The third kappa shape index (κ3) is 6.40. The second-order valence-electron chi connectivity index (χ2n) is 5.99. The third-order valence-corrected chi connectivity index (χ3v) is 3.96. The van der Waals surface area contributed by atoms with Gasteiger partial charge >= 0.3 is 5.97 Å². The molecule has 0 aliphatic heterocycles. The molecule has 0 saturated heterocycles. The molecule has 1 atom stereocenters. The first kappa shape index (κ1) is 18.4. The summed E-state index contributed by atoms with van der Waals surface area (Å²) in [6.45, 7) is 6.19. The molecule has 5 nitrogen and oxygen atoms in total. The van der Waals surface area contributed by atoms with Crippen molar-refractivity contribution >= 4 is 20.1 Å². The Morgan fingerprint density at radius 3 is 2.14 bits per heavy atom. The van der Waals surface area contributed by atoms with Crippen molar-refractivity contribution in [3.63, 3.8) is 0 Å². The van der Waals surface area contributed by atoms with Crippen molar-refractivity contribution in [2.24, 2.45) is 0 Å². The van der Waals surface area contributed by atoms with Gasteiger partial charge in [0.1, 0.15) is 18.0 Å². The normalized spacial score (nSPS) is 12.6. The summed E-state index contributed by atoms with van der Waals surface area (Å²) < 4.78 is 15.8. The Bertz CT molecular complexity index is 504. The van der Waals surface area contributed by atoms with Gasteiger partial charge in [-0.05, 0) is 37.3 Å². The van der Waals surface area contributed by atoms with Crippen LogP contribution in [0.5, 0.6) is 5.75 Å². The minimum absolute atomic E-state index is 0.158. The molecule has 0 bridgehead atoms. The lowest BCUT2D eigenvalue weighted by atomic mass is 10.0. The van der Waals surface area contributed by atoms with Crippen LogP contribution in [0.25, 0.3) is 0 Å². The van der Waals surface area contributed by atoms with Crippen molar-refractivity contribution in [2.45, 2.75) is 38.6 Å². The van der Waals surface area contributed by atoms with Crippen molar-refractivity contribution < 1.29 is 23.5 Å². The van der Waals surface area contributed by atoms with Crippen LogP contribution in [0.1, 0.15) is 24.5 Å². The minimum Gasteiger partial charge on any atom is -0.497 e. The summed E-state index contributed by atoms with van der Waals surface area (Å²) in [6.07, 6.45) is -0.418. The summed E-state index contributed by atoms with van der Waals surface area (Å²) >= 11 is 0. The van der Waals surface area contributed by atoms with E-state index in [1.165, 1.54) is 7.11 Å². The van der Waals surface area contributed by atoms with Crippen molar-refractivity contribution in [2.75, 3.05) is 14.2 Å². The number of hydrogen-bond acceptors (Lipinski definition) is 5.